The molecule has 170 valence electrons. The lowest BCUT2D eigenvalue weighted by Crippen LogP contribution is -2.51. The van der Waals surface area contributed by atoms with Gasteiger partial charge in [0.05, 0.1) is 31.5 Å². The van der Waals surface area contributed by atoms with Gasteiger partial charge in [0.25, 0.3) is 0 Å². The first-order valence-corrected chi connectivity index (χ1v) is 11.3. The van der Waals surface area contributed by atoms with Crippen LogP contribution in [0.3, 0.4) is 0 Å². The Morgan fingerprint density at radius 2 is 1.70 bits per heavy atom. The SMILES string of the molecule is COc1ccc2c(c1)C=C[C@@H]1[C@@H]3C(=O)N(Cc4ccccc4)C(=O)[C@@H]3[C@@H](C(=O)C(C)(C)C)N21. The summed E-state index contributed by atoms with van der Waals surface area (Å²) >= 11 is 0. The minimum Gasteiger partial charge on any atom is -0.497 e. The lowest BCUT2D eigenvalue weighted by Gasteiger charge is -2.38. The Morgan fingerprint density at radius 1 is 1.00 bits per heavy atom. The number of hydrogen-bond acceptors (Lipinski definition) is 5. The zero-order valence-corrected chi connectivity index (χ0v) is 19.3. The van der Waals surface area contributed by atoms with Crippen molar-refractivity contribution in [1.82, 2.24) is 4.90 Å². The molecule has 0 spiro atoms. The lowest BCUT2D eigenvalue weighted by molar-refractivity contribution is -0.142. The summed E-state index contributed by atoms with van der Waals surface area (Å²) in [4.78, 5) is 44.4. The van der Waals surface area contributed by atoms with Crippen LogP contribution in [0.5, 0.6) is 5.75 Å². The number of nitrogens with zero attached hydrogens (tertiary/aromatic N) is 2. The summed E-state index contributed by atoms with van der Waals surface area (Å²) in [6.45, 7) is 5.84. The first-order valence-electron chi connectivity index (χ1n) is 11.3. The molecule has 0 N–H and O–H groups in total. The fraction of sp³-hybridized carbons (Fsp3) is 0.370. The van der Waals surface area contributed by atoms with Crippen LogP contribution < -0.4 is 9.64 Å². The van der Waals surface area contributed by atoms with Crippen molar-refractivity contribution in [2.45, 2.75) is 39.4 Å². The molecule has 2 aromatic carbocycles. The molecule has 0 unspecified atom stereocenters. The van der Waals surface area contributed by atoms with E-state index >= 15 is 0 Å². The van der Waals surface area contributed by atoms with Crippen LogP contribution in [0.4, 0.5) is 5.69 Å². The van der Waals surface area contributed by atoms with E-state index in [9.17, 15) is 14.4 Å². The van der Waals surface area contributed by atoms with Gasteiger partial charge >= 0.3 is 0 Å². The van der Waals surface area contributed by atoms with Crippen LogP contribution in [0.25, 0.3) is 6.08 Å². The molecule has 6 nitrogen and oxygen atoms in total. The molecule has 2 amide bonds. The van der Waals surface area contributed by atoms with E-state index < -0.39 is 23.3 Å². The summed E-state index contributed by atoms with van der Waals surface area (Å²) in [5.74, 6) is -1.04. The number of fused-ring (bicyclic) bond motifs is 5. The monoisotopic (exact) mass is 444 g/mol. The van der Waals surface area contributed by atoms with Crippen molar-refractivity contribution in [3.8, 4) is 5.75 Å². The van der Waals surface area contributed by atoms with Gasteiger partial charge in [0.15, 0.2) is 5.78 Å². The number of methoxy groups -OCH3 is 1. The maximum absolute atomic E-state index is 13.7. The zero-order valence-electron chi connectivity index (χ0n) is 19.3. The van der Waals surface area contributed by atoms with E-state index in [1.165, 1.54) is 4.90 Å². The number of ketones is 1. The molecule has 3 aliphatic heterocycles. The third-order valence-corrected chi connectivity index (χ3v) is 7.00. The normalized spacial score (nSPS) is 25.7. The van der Waals surface area contributed by atoms with Gasteiger partial charge in [-0.3, -0.25) is 19.3 Å². The number of likely N-dealkylation sites (tertiary alicyclic amines) is 1. The van der Waals surface area contributed by atoms with Crippen LogP contribution in [0, 0.1) is 17.3 Å². The summed E-state index contributed by atoms with van der Waals surface area (Å²) < 4.78 is 5.37. The summed E-state index contributed by atoms with van der Waals surface area (Å²) in [5.41, 5.74) is 2.01. The Kier molecular flexibility index (Phi) is 4.92. The molecule has 33 heavy (non-hydrogen) atoms. The van der Waals surface area contributed by atoms with E-state index in [0.29, 0.717) is 0 Å². The van der Waals surface area contributed by atoms with Crippen LogP contribution in [0.2, 0.25) is 0 Å². The minimum absolute atomic E-state index is 0.0280. The second-order valence-electron chi connectivity index (χ2n) is 10.0. The van der Waals surface area contributed by atoms with Crippen molar-refractivity contribution in [1.29, 1.82) is 0 Å². The average molecular weight is 445 g/mol. The number of rotatable bonds is 4. The zero-order chi connectivity index (χ0) is 23.5. The van der Waals surface area contributed by atoms with Gasteiger partial charge in [0.1, 0.15) is 11.8 Å². The van der Waals surface area contributed by atoms with E-state index in [1.54, 1.807) is 7.11 Å². The number of Topliss-reactive ketones (excluding diaryl/α,β-unsaturated/α-hetero) is 1. The second-order valence-corrected chi connectivity index (χ2v) is 10.0. The van der Waals surface area contributed by atoms with Crippen molar-refractivity contribution in [2.75, 3.05) is 12.0 Å². The molecule has 0 bridgehead atoms. The molecule has 4 atom stereocenters. The van der Waals surface area contributed by atoms with Crippen LogP contribution in [0.1, 0.15) is 31.9 Å². The lowest BCUT2D eigenvalue weighted by atomic mass is 9.79. The number of carbonyl (C=O) groups excluding carboxylic acids is 3. The van der Waals surface area contributed by atoms with E-state index in [2.05, 4.69) is 0 Å². The predicted octanol–water partition coefficient (Wildman–Crippen LogP) is 3.70. The van der Waals surface area contributed by atoms with Crippen LogP contribution in [-0.4, -0.2) is 41.7 Å². The van der Waals surface area contributed by atoms with Gasteiger partial charge < -0.3 is 9.64 Å². The molecule has 2 saturated heterocycles. The van der Waals surface area contributed by atoms with Gasteiger partial charge in [-0.15, -0.1) is 0 Å². The number of carbonyl (C=O) groups is 3. The minimum atomic E-state index is -0.700. The van der Waals surface area contributed by atoms with Crippen LogP contribution in [0.15, 0.2) is 54.6 Å². The quantitative estimate of drug-likeness (QED) is 0.673. The van der Waals surface area contributed by atoms with Crippen LogP contribution >= 0.6 is 0 Å². The molecule has 2 aromatic rings. The van der Waals surface area contributed by atoms with Crippen LogP contribution in [-0.2, 0) is 20.9 Å². The van der Waals surface area contributed by atoms with Crippen molar-refractivity contribution >= 4 is 29.4 Å². The molecule has 0 saturated carbocycles. The highest BCUT2D eigenvalue weighted by Crippen LogP contribution is 2.50. The van der Waals surface area contributed by atoms with E-state index in [1.807, 2.05) is 86.4 Å². The smallest absolute Gasteiger partial charge is 0.236 e. The van der Waals surface area contributed by atoms with Crippen molar-refractivity contribution in [3.05, 3.63) is 65.7 Å². The molecular formula is C27H28N2O4. The first kappa shape index (κ1) is 21.4. The van der Waals surface area contributed by atoms with Crippen molar-refractivity contribution in [3.63, 3.8) is 0 Å². The Morgan fingerprint density at radius 3 is 2.36 bits per heavy atom. The maximum atomic E-state index is 13.7. The van der Waals surface area contributed by atoms with Gasteiger partial charge in [-0.05, 0) is 23.8 Å². The number of benzene rings is 2. The van der Waals surface area contributed by atoms with E-state index in [0.717, 1.165) is 22.6 Å². The topological polar surface area (TPSA) is 66.9 Å². The molecule has 0 aromatic heterocycles. The largest absolute Gasteiger partial charge is 0.497 e. The van der Waals surface area contributed by atoms with E-state index in [-0.39, 0.29) is 30.2 Å². The number of ether oxygens (including phenoxy) is 1. The second kappa shape index (κ2) is 7.58. The fourth-order valence-electron chi connectivity index (χ4n) is 5.41. The summed E-state index contributed by atoms with van der Waals surface area (Å²) in [5, 5.41) is 0. The molecular weight excluding hydrogens is 416 g/mol. The third kappa shape index (κ3) is 3.27. The first-order chi connectivity index (χ1) is 15.7. The summed E-state index contributed by atoms with van der Waals surface area (Å²) in [7, 11) is 1.61. The summed E-state index contributed by atoms with van der Waals surface area (Å²) in [6, 6.07) is 14.2. The third-order valence-electron chi connectivity index (χ3n) is 7.00. The van der Waals surface area contributed by atoms with Gasteiger partial charge in [0, 0.05) is 16.7 Å². The fourth-order valence-corrected chi connectivity index (χ4v) is 5.41. The molecule has 3 aliphatic rings. The van der Waals surface area contributed by atoms with Gasteiger partial charge in [0.2, 0.25) is 11.8 Å². The predicted molar refractivity (Wildman–Crippen MR) is 126 cm³/mol. The molecule has 0 aliphatic carbocycles. The Hall–Kier alpha value is -3.41. The van der Waals surface area contributed by atoms with Crippen molar-refractivity contribution in [2.24, 2.45) is 17.3 Å². The molecule has 0 radical (unpaired) electrons. The van der Waals surface area contributed by atoms with Crippen molar-refractivity contribution < 1.29 is 19.1 Å². The van der Waals surface area contributed by atoms with Gasteiger partial charge in [-0.1, -0.05) is 63.3 Å². The Balaban J connectivity index is 1.59. The maximum Gasteiger partial charge on any atom is 0.236 e. The Bertz CT molecular complexity index is 1160. The van der Waals surface area contributed by atoms with E-state index in [4.69, 9.17) is 4.74 Å². The average Bonchev–Trinajstić information content (AvgIpc) is 3.26. The highest BCUT2D eigenvalue weighted by atomic mass is 16.5. The number of anilines is 1. The highest BCUT2D eigenvalue weighted by Gasteiger charge is 2.64. The standard InChI is InChI=1S/C27H28N2O4/c1-27(2,3)24(30)23-22-21(25(31)28(26(22)32)15-16-8-6-5-7-9-16)20-12-10-17-14-18(33-4)11-13-19(17)29(20)23/h5-14,20-23H,15H2,1-4H3/t20-,21+,22+,23+/m1/s1. The van der Waals surface area contributed by atoms with Gasteiger partial charge in [-0.25, -0.2) is 0 Å². The number of imide groups is 1. The molecule has 2 fully saturated rings. The molecule has 5 rings (SSSR count). The Labute approximate surface area is 193 Å². The molecule has 6 heteroatoms. The molecule has 3 heterocycles. The van der Waals surface area contributed by atoms with Gasteiger partial charge in [-0.2, -0.15) is 0 Å². The highest BCUT2D eigenvalue weighted by molar-refractivity contribution is 6.11. The number of amides is 2. The number of hydrogen-bond donors (Lipinski definition) is 0. The summed E-state index contributed by atoms with van der Waals surface area (Å²) in [6.07, 6.45) is 3.93.